The molecule has 6 heteroatoms. The van der Waals surface area contributed by atoms with Crippen LogP contribution in [0.3, 0.4) is 0 Å². The van der Waals surface area contributed by atoms with Gasteiger partial charge in [0, 0.05) is 38.4 Å². The molecule has 2 rings (SSSR count). The summed E-state index contributed by atoms with van der Waals surface area (Å²) in [6, 6.07) is 6.92. The lowest BCUT2D eigenvalue weighted by Crippen LogP contribution is -2.41. The molecule has 1 heterocycles. The molecule has 1 aliphatic heterocycles. The molecule has 0 atom stereocenters. The Labute approximate surface area is 124 Å². The van der Waals surface area contributed by atoms with Gasteiger partial charge in [0.15, 0.2) is 0 Å². The molecule has 1 N–H and O–H groups in total. The SMILES string of the molecule is CN(C)C(=O)c1ccc(NC(=O)CN2CCOCC2)cc1. The van der Waals surface area contributed by atoms with Crippen molar-refractivity contribution in [1.29, 1.82) is 0 Å². The van der Waals surface area contributed by atoms with Gasteiger partial charge in [0.25, 0.3) is 5.91 Å². The number of carbonyl (C=O) groups is 2. The van der Waals surface area contributed by atoms with Crippen molar-refractivity contribution in [2.45, 2.75) is 0 Å². The van der Waals surface area contributed by atoms with Gasteiger partial charge in [-0.3, -0.25) is 14.5 Å². The van der Waals surface area contributed by atoms with Crippen LogP contribution in [0.25, 0.3) is 0 Å². The molecule has 1 fully saturated rings. The second kappa shape index (κ2) is 7.19. The molecular formula is C15H21N3O3. The van der Waals surface area contributed by atoms with Crippen molar-refractivity contribution in [1.82, 2.24) is 9.80 Å². The molecule has 114 valence electrons. The van der Waals surface area contributed by atoms with E-state index in [1.165, 1.54) is 4.90 Å². The molecule has 0 spiro atoms. The lowest BCUT2D eigenvalue weighted by Gasteiger charge is -2.25. The Balaban J connectivity index is 1.87. The first kappa shape index (κ1) is 15.5. The molecule has 1 aromatic carbocycles. The summed E-state index contributed by atoms with van der Waals surface area (Å²) in [7, 11) is 3.42. The Kier molecular flexibility index (Phi) is 5.30. The van der Waals surface area contributed by atoms with Crippen LogP contribution in [0.4, 0.5) is 5.69 Å². The largest absolute Gasteiger partial charge is 0.379 e. The molecule has 0 aromatic heterocycles. The van der Waals surface area contributed by atoms with Crippen LogP contribution in [0.5, 0.6) is 0 Å². The molecule has 0 unspecified atom stereocenters. The number of benzene rings is 1. The normalized spacial score (nSPS) is 15.5. The third-order valence-electron chi connectivity index (χ3n) is 3.29. The summed E-state index contributed by atoms with van der Waals surface area (Å²) in [6.07, 6.45) is 0. The maximum Gasteiger partial charge on any atom is 0.253 e. The molecule has 0 bridgehead atoms. The molecule has 0 aliphatic carbocycles. The summed E-state index contributed by atoms with van der Waals surface area (Å²) >= 11 is 0. The number of amides is 2. The molecule has 1 aliphatic rings. The fourth-order valence-corrected chi connectivity index (χ4v) is 2.12. The minimum absolute atomic E-state index is 0.0522. The summed E-state index contributed by atoms with van der Waals surface area (Å²) < 4.78 is 5.25. The van der Waals surface area contributed by atoms with Gasteiger partial charge < -0.3 is 15.0 Å². The fraction of sp³-hybridized carbons (Fsp3) is 0.467. The molecule has 1 saturated heterocycles. The highest BCUT2D eigenvalue weighted by molar-refractivity contribution is 5.95. The topological polar surface area (TPSA) is 61.9 Å². The lowest BCUT2D eigenvalue weighted by atomic mass is 10.2. The molecule has 21 heavy (non-hydrogen) atoms. The molecule has 0 radical (unpaired) electrons. The first-order valence-electron chi connectivity index (χ1n) is 6.98. The number of rotatable bonds is 4. The van der Waals surface area contributed by atoms with Crippen molar-refractivity contribution in [2.24, 2.45) is 0 Å². The van der Waals surface area contributed by atoms with E-state index in [2.05, 4.69) is 10.2 Å². The summed E-state index contributed by atoms with van der Waals surface area (Å²) in [5.74, 6) is -0.107. The van der Waals surface area contributed by atoms with Crippen LogP contribution in [-0.2, 0) is 9.53 Å². The number of nitrogens with one attached hydrogen (secondary N) is 1. The van der Waals surface area contributed by atoms with E-state index >= 15 is 0 Å². The lowest BCUT2D eigenvalue weighted by molar-refractivity contribution is -0.118. The first-order valence-corrected chi connectivity index (χ1v) is 6.98. The van der Waals surface area contributed by atoms with Crippen LogP contribution in [0, 0.1) is 0 Å². The first-order chi connectivity index (χ1) is 10.1. The third-order valence-corrected chi connectivity index (χ3v) is 3.29. The van der Waals surface area contributed by atoms with E-state index in [9.17, 15) is 9.59 Å². The summed E-state index contributed by atoms with van der Waals surface area (Å²) in [5, 5.41) is 2.84. The van der Waals surface area contributed by atoms with Gasteiger partial charge >= 0.3 is 0 Å². The van der Waals surface area contributed by atoms with Gasteiger partial charge in [0.2, 0.25) is 5.91 Å². The Morgan fingerprint density at radius 2 is 1.81 bits per heavy atom. The van der Waals surface area contributed by atoms with Gasteiger partial charge in [-0.25, -0.2) is 0 Å². The number of carbonyl (C=O) groups excluding carboxylic acids is 2. The Morgan fingerprint density at radius 1 is 1.19 bits per heavy atom. The van der Waals surface area contributed by atoms with Gasteiger partial charge in [0.05, 0.1) is 19.8 Å². The quantitative estimate of drug-likeness (QED) is 0.885. The predicted molar refractivity (Wildman–Crippen MR) is 80.3 cm³/mol. The maximum atomic E-state index is 11.9. The average Bonchev–Trinajstić information content (AvgIpc) is 2.48. The van der Waals surface area contributed by atoms with Crippen molar-refractivity contribution in [3.63, 3.8) is 0 Å². The number of ether oxygens (including phenoxy) is 1. The molecule has 2 amide bonds. The van der Waals surface area contributed by atoms with Crippen LogP contribution >= 0.6 is 0 Å². The highest BCUT2D eigenvalue weighted by Crippen LogP contribution is 2.11. The smallest absolute Gasteiger partial charge is 0.253 e. The Bertz CT molecular complexity index is 493. The zero-order valence-corrected chi connectivity index (χ0v) is 12.5. The second-order valence-electron chi connectivity index (χ2n) is 5.21. The Morgan fingerprint density at radius 3 is 2.38 bits per heavy atom. The number of hydrogen-bond donors (Lipinski definition) is 1. The standard InChI is InChI=1S/C15H21N3O3/c1-17(2)15(20)12-3-5-13(6-4-12)16-14(19)11-18-7-9-21-10-8-18/h3-6H,7-11H2,1-2H3,(H,16,19). The van der Waals surface area contributed by atoms with Crippen molar-refractivity contribution < 1.29 is 14.3 Å². The molecule has 1 aromatic rings. The van der Waals surface area contributed by atoms with Crippen molar-refractivity contribution >= 4 is 17.5 Å². The van der Waals surface area contributed by atoms with Crippen LogP contribution in [0.1, 0.15) is 10.4 Å². The zero-order valence-electron chi connectivity index (χ0n) is 12.5. The van der Waals surface area contributed by atoms with Crippen LogP contribution < -0.4 is 5.32 Å². The molecule has 6 nitrogen and oxygen atoms in total. The van der Waals surface area contributed by atoms with Gasteiger partial charge in [-0.15, -0.1) is 0 Å². The number of hydrogen-bond acceptors (Lipinski definition) is 4. The van der Waals surface area contributed by atoms with E-state index in [0.717, 1.165) is 13.1 Å². The van der Waals surface area contributed by atoms with Crippen molar-refractivity contribution in [3.05, 3.63) is 29.8 Å². The van der Waals surface area contributed by atoms with Crippen molar-refractivity contribution in [3.8, 4) is 0 Å². The van der Waals surface area contributed by atoms with Gasteiger partial charge in [-0.05, 0) is 24.3 Å². The predicted octanol–water partition coefficient (Wildman–Crippen LogP) is 0.659. The Hall–Kier alpha value is -1.92. The average molecular weight is 291 g/mol. The zero-order chi connectivity index (χ0) is 15.2. The van der Waals surface area contributed by atoms with Gasteiger partial charge in [-0.2, -0.15) is 0 Å². The molecule has 0 saturated carbocycles. The van der Waals surface area contributed by atoms with Gasteiger partial charge in [-0.1, -0.05) is 0 Å². The highest BCUT2D eigenvalue weighted by Gasteiger charge is 2.14. The van der Waals surface area contributed by atoms with E-state index in [1.807, 2.05) is 0 Å². The minimum Gasteiger partial charge on any atom is -0.379 e. The maximum absolute atomic E-state index is 11.9. The van der Waals surface area contributed by atoms with E-state index in [-0.39, 0.29) is 11.8 Å². The van der Waals surface area contributed by atoms with E-state index in [0.29, 0.717) is 31.0 Å². The summed E-state index contributed by atoms with van der Waals surface area (Å²) in [6.45, 7) is 3.28. The van der Waals surface area contributed by atoms with Crippen molar-refractivity contribution in [2.75, 3.05) is 52.3 Å². The monoisotopic (exact) mass is 291 g/mol. The summed E-state index contributed by atoms with van der Waals surface area (Å²) in [4.78, 5) is 27.3. The molecular weight excluding hydrogens is 270 g/mol. The van der Waals surface area contributed by atoms with Gasteiger partial charge in [0.1, 0.15) is 0 Å². The van der Waals surface area contributed by atoms with Crippen LogP contribution in [0.15, 0.2) is 24.3 Å². The van der Waals surface area contributed by atoms with E-state index < -0.39 is 0 Å². The second-order valence-corrected chi connectivity index (χ2v) is 5.21. The van der Waals surface area contributed by atoms with E-state index in [4.69, 9.17) is 4.74 Å². The minimum atomic E-state index is -0.0545. The number of nitrogens with zero attached hydrogens (tertiary/aromatic N) is 2. The fourth-order valence-electron chi connectivity index (χ4n) is 2.12. The van der Waals surface area contributed by atoms with Crippen LogP contribution in [0.2, 0.25) is 0 Å². The summed E-state index contributed by atoms with van der Waals surface area (Å²) in [5.41, 5.74) is 1.30. The van der Waals surface area contributed by atoms with Crippen LogP contribution in [-0.4, -0.2) is 68.6 Å². The van der Waals surface area contributed by atoms with E-state index in [1.54, 1.807) is 38.4 Å². The number of anilines is 1. The number of morpholine rings is 1. The third kappa shape index (κ3) is 4.54. The highest BCUT2D eigenvalue weighted by atomic mass is 16.5.